The van der Waals surface area contributed by atoms with Crippen LogP contribution >= 0.6 is 0 Å². The van der Waals surface area contributed by atoms with Gasteiger partial charge in [-0.15, -0.1) is 0 Å². The van der Waals surface area contributed by atoms with E-state index in [4.69, 9.17) is 5.73 Å². The van der Waals surface area contributed by atoms with Gasteiger partial charge in [0.25, 0.3) is 0 Å². The standard InChI is InChI=1S/C10H20N2O/c1-4-7(11)9(13)12-8-5-6-10(8,2)3/h7-8H,4-6,11H2,1-3H3,(H,12,13)/t7-,8?/m1/s1. The first-order valence-electron chi connectivity index (χ1n) is 5.03. The summed E-state index contributed by atoms with van der Waals surface area (Å²) in [4.78, 5) is 11.4. The second kappa shape index (κ2) is 3.66. The van der Waals surface area contributed by atoms with Crippen molar-refractivity contribution in [1.29, 1.82) is 0 Å². The highest BCUT2D eigenvalue weighted by Gasteiger charge is 2.39. The van der Waals surface area contributed by atoms with Gasteiger partial charge >= 0.3 is 0 Å². The molecular formula is C10H20N2O. The number of amides is 1. The van der Waals surface area contributed by atoms with Gasteiger partial charge in [-0.05, 0) is 24.7 Å². The minimum atomic E-state index is -0.337. The quantitative estimate of drug-likeness (QED) is 0.688. The summed E-state index contributed by atoms with van der Waals surface area (Å²) in [6, 6.07) is -0.00556. The Labute approximate surface area is 80.1 Å². The lowest BCUT2D eigenvalue weighted by Gasteiger charge is -2.45. The Bertz CT molecular complexity index is 201. The monoisotopic (exact) mass is 184 g/mol. The van der Waals surface area contributed by atoms with Gasteiger partial charge in [0.1, 0.15) is 0 Å². The molecule has 2 atom stereocenters. The maximum atomic E-state index is 11.4. The lowest BCUT2D eigenvalue weighted by molar-refractivity contribution is -0.125. The molecule has 0 spiro atoms. The molecular weight excluding hydrogens is 164 g/mol. The van der Waals surface area contributed by atoms with Gasteiger partial charge in [0.2, 0.25) is 5.91 Å². The van der Waals surface area contributed by atoms with Gasteiger partial charge in [-0.3, -0.25) is 4.79 Å². The zero-order valence-corrected chi connectivity index (χ0v) is 8.76. The van der Waals surface area contributed by atoms with Gasteiger partial charge in [-0.25, -0.2) is 0 Å². The molecule has 3 N–H and O–H groups in total. The summed E-state index contributed by atoms with van der Waals surface area (Å²) in [6.45, 7) is 6.29. The van der Waals surface area contributed by atoms with E-state index in [1.54, 1.807) is 0 Å². The van der Waals surface area contributed by atoms with Crippen molar-refractivity contribution in [3.05, 3.63) is 0 Å². The van der Waals surface area contributed by atoms with E-state index in [9.17, 15) is 4.79 Å². The summed E-state index contributed by atoms with van der Waals surface area (Å²) < 4.78 is 0. The molecule has 0 aromatic heterocycles. The van der Waals surface area contributed by atoms with E-state index in [1.807, 2.05) is 6.92 Å². The molecule has 1 fully saturated rings. The number of carbonyl (C=O) groups excluding carboxylic acids is 1. The molecule has 0 aliphatic heterocycles. The minimum absolute atomic E-state index is 0.000255. The highest BCUT2D eigenvalue weighted by atomic mass is 16.2. The van der Waals surface area contributed by atoms with Crippen molar-refractivity contribution in [2.75, 3.05) is 0 Å². The first kappa shape index (κ1) is 10.5. The van der Waals surface area contributed by atoms with E-state index in [0.29, 0.717) is 12.5 Å². The fraction of sp³-hybridized carbons (Fsp3) is 0.900. The molecule has 1 saturated carbocycles. The predicted molar refractivity (Wildman–Crippen MR) is 53.2 cm³/mol. The number of nitrogens with two attached hydrogens (primary N) is 1. The zero-order chi connectivity index (χ0) is 10.1. The third kappa shape index (κ3) is 2.21. The fourth-order valence-electron chi connectivity index (χ4n) is 1.60. The van der Waals surface area contributed by atoms with Crippen molar-refractivity contribution in [2.24, 2.45) is 11.1 Å². The highest BCUT2D eigenvalue weighted by molar-refractivity contribution is 5.81. The topological polar surface area (TPSA) is 55.1 Å². The van der Waals surface area contributed by atoms with Crippen molar-refractivity contribution in [1.82, 2.24) is 5.32 Å². The molecule has 76 valence electrons. The van der Waals surface area contributed by atoms with Crippen molar-refractivity contribution >= 4 is 5.91 Å². The van der Waals surface area contributed by atoms with Crippen LogP contribution in [0.2, 0.25) is 0 Å². The van der Waals surface area contributed by atoms with Gasteiger partial charge in [-0.2, -0.15) is 0 Å². The molecule has 0 aromatic carbocycles. The summed E-state index contributed by atoms with van der Waals surface area (Å²) >= 11 is 0. The molecule has 1 rings (SSSR count). The Balaban J connectivity index is 2.37. The predicted octanol–water partition coefficient (Wildman–Crippen LogP) is 1.03. The number of nitrogens with one attached hydrogen (secondary N) is 1. The van der Waals surface area contributed by atoms with Crippen molar-refractivity contribution in [2.45, 2.75) is 52.1 Å². The lowest BCUT2D eigenvalue weighted by Crippen LogP contribution is -2.55. The molecule has 0 heterocycles. The van der Waals surface area contributed by atoms with E-state index < -0.39 is 0 Å². The molecule has 13 heavy (non-hydrogen) atoms. The van der Waals surface area contributed by atoms with Crippen LogP contribution in [0.4, 0.5) is 0 Å². The molecule has 1 unspecified atom stereocenters. The van der Waals surface area contributed by atoms with Crippen molar-refractivity contribution in [3.8, 4) is 0 Å². The third-order valence-corrected chi connectivity index (χ3v) is 3.11. The normalized spacial score (nSPS) is 27.5. The van der Waals surface area contributed by atoms with Gasteiger partial charge in [-0.1, -0.05) is 20.8 Å². The van der Waals surface area contributed by atoms with Crippen LogP contribution in [-0.4, -0.2) is 18.0 Å². The summed E-state index contributed by atoms with van der Waals surface area (Å²) in [5.74, 6) is 0.000255. The molecule has 0 bridgehead atoms. The van der Waals surface area contributed by atoms with E-state index >= 15 is 0 Å². The fourth-order valence-corrected chi connectivity index (χ4v) is 1.60. The van der Waals surface area contributed by atoms with Crippen LogP contribution < -0.4 is 11.1 Å². The van der Waals surface area contributed by atoms with Crippen LogP contribution in [0, 0.1) is 5.41 Å². The average Bonchev–Trinajstić information content (AvgIpc) is 2.10. The van der Waals surface area contributed by atoms with Gasteiger partial charge < -0.3 is 11.1 Å². The number of hydrogen-bond donors (Lipinski definition) is 2. The van der Waals surface area contributed by atoms with Crippen molar-refractivity contribution in [3.63, 3.8) is 0 Å². The van der Waals surface area contributed by atoms with E-state index in [2.05, 4.69) is 19.2 Å². The Morgan fingerprint density at radius 2 is 2.31 bits per heavy atom. The first-order valence-corrected chi connectivity index (χ1v) is 5.03. The molecule has 3 heteroatoms. The summed E-state index contributed by atoms with van der Waals surface area (Å²) in [6.07, 6.45) is 2.99. The number of carbonyl (C=O) groups is 1. The summed E-state index contributed by atoms with van der Waals surface area (Å²) in [5.41, 5.74) is 5.89. The maximum Gasteiger partial charge on any atom is 0.237 e. The molecule has 1 amide bonds. The van der Waals surface area contributed by atoms with E-state index in [1.165, 1.54) is 6.42 Å². The highest BCUT2D eigenvalue weighted by Crippen LogP contribution is 2.39. The number of hydrogen-bond acceptors (Lipinski definition) is 2. The van der Waals surface area contributed by atoms with Crippen LogP contribution in [0.25, 0.3) is 0 Å². The van der Waals surface area contributed by atoms with E-state index in [-0.39, 0.29) is 17.4 Å². The Morgan fingerprint density at radius 3 is 2.62 bits per heavy atom. The molecule has 1 aliphatic carbocycles. The third-order valence-electron chi connectivity index (χ3n) is 3.11. The summed E-state index contributed by atoms with van der Waals surface area (Å²) in [7, 11) is 0. The molecule has 0 aromatic rings. The van der Waals surface area contributed by atoms with Crippen LogP contribution in [0.5, 0.6) is 0 Å². The zero-order valence-electron chi connectivity index (χ0n) is 8.76. The van der Waals surface area contributed by atoms with Gasteiger partial charge in [0, 0.05) is 6.04 Å². The lowest BCUT2D eigenvalue weighted by atomic mass is 9.67. The second-order valence-corrected chi connectivity index (χ2v) is 4.60. The van der Waals surface area contributed by atoms with E-state index in [0.717, 1.165) is 6.42 Å². The maximum absolute atomic E-state index is 11.4. The molecule has 3 nitrogen and oxygen atoms in total. The van der Waals surface area contributed by atoms with Crippen LogP contribution in [0.1, 0.15) is 40.0 Å². The van der Waals surface area contributed by atoms with Crippen LogP contribution in [0.3, 0.4) is 0 Å². The largest absolute Gasteiger partial charge is 0.351 e. The SMILES string of the molecule is CC[C@@H](N)C(=O)NC1CCC1(C)C. The second-order valence-electron chi connectivity index (χ2n) is 4.60. The molecule has 0 radical (unpaired) electrons. The minimum Gasteiger partial charge on any atom is -0.351 e. The first-order chi connectivity index (χ1) is 5.97. The average molecular weight is 184 g/mol. The van der Waals surface area contributed by atoms with Crippen molar-refractivity contribution < 1.29 is 4.79 Å². The Morgan fingerprint density at radius 1 is 1.69 bits per heavy atom. The van der Waals surface area contributed by atoms with Gasteiger partial charge in [0.15, 0.2) is 0 Å². The smallest absolute Gasteiger partial charge is 0.237 e. The Hall–Kier alpha value is -0.570. The van der Waals surface area contributed by atoms with Gasteiger partial charge in [0.05, 0.1) is 6.04 Å². The Kier molecular flexibility index (Phi) is 2.96. The van der Waals surface area contributed by atoms with Crippen LogP contribution in [0.15, 0.2) is 0 Å². The van der Waals surface area contributed by atoms with Crippen LogP contribution in [-0.2, 0) is 4.79 Å². The molecule has 1 aliphatic rings. The summed E-state index contributed by atoms with van der Waals surface area (Å²) in [5, 5.41) is 2.99. The number of rotatable bonds is 3. The molecule has 0 saturated heterocycles.